The van der Waals surface area contributed by atoms with Crippen molar-refractivity contribution in [3.8, 4) is 0 Å². The maximum atomic E-state index is 5.02. The minimum absolute atomic E-state index is 0.826. The molecule has 10 heavy (non-hydrogen) atoms. The van der Waals surface area contributed by atoms with Crippen LogP contribution in [0, 0.1) is 0 Å². The van der Waals surface area contributed by atoms with E-state index < -0.39 is 0 Å². The summed E-state index contributed by atoms with van der Waals surface area (Å²) in [6.45, 7) is 0. The van der Waals surface area contributed by atoms with Crippen LogP contribution in [-0.4, -0.2) is 16.2 Å². The summed E-state index contributed by atoms with van der Waals surface area (Å²) in [5, 5.41) is 0. The first-order valence-electron chi connectivity index (χ1n) is 2.95. The Morgan fingerprint density at radius 1 is 1.70 bits per heavy atom. The molecule has 2 nitrogen and oxygen atoms in total. The zero-order valence-electron chi connectivity index (χ0n) is 6.00. The van der Waals surface area contributed by atoms with Gasteiger partial charge in [-0.3, -0.25) is 0 Å². The summed E-state index contributed by atoms with van der Waals surface area (Å²) in [5.74, 6) is 0. The summed E-state index contributed by atoms with van der Waals surface area (Å²) in [5.41, 5.74) is 1.07. The van der Waals surface area contributed by atoms with Crippen LogP contribution < -0.4 is 0 Å². The van der Waals surface area contributed by atoms with Gasteiger partial charge in [-0.15, -0.1) is 0 Å². The van der Waals surface area contributed by atoms with E-state index in [0.29, 0.717) is 0 Å². The number of aromatic nitrogens is 1. The number of rotatable bonds is 2. The predicted molar refractivity (Wildman–Crippen MR) is 36.5 cm³/mol. The quantitative estimate of drug-likeness (QED) is 0.645. The van der Waals surface area contributed by atoms with Crippen LogP contribution in [0.1, 0.15) is 5.69 Å². The average Bonchev–Trinajstić information content (AvgIpc) is 2.34. The van der Waals surface area contributed by atoms with Gasteiger partial charge in [0.05, 0.1) is 0 Å². The second-order valence-corrected chi connectivity index (χ2v) is 2.57. The van der Waals surface area contributed by atoms with Gasteiger partial charge in [-0.1, -0.05) is 0 Å². The monoisotopic (exact) mass is 175 g/mol. The maximum absolute atomic E-state index is 5.02. The van der Waals surface area contributed by atoms with Crippen LogP contribution in [0.5, 0.6) is 0 Å². The molecule has 0 saturated carbocycles. The van der Waals surface area contributed by atoms with Crippen LogP contribution >= 0.6 is 0 Å². The average molecular weight is 175 g/mol. The molecule has 0 saturated heterocycles. The van der Waals surface area contributed by atoms with Gasteiger partial charge in [-0.25, -0.2) is 0 Å². The molecule has 1 heterocycles. The van der Waals surface area contributed by atoms with Gasteiger partial charge in [0, 0.05) is 0 Å². The van der Waals surface area contributed by atoms with E-state index in [1.54, 1.807) is 7.11 Å². The molecule has 3 heteroatoms. The van der Waals surface area contributed by atoms with Crippen molar-refractivity contribution in [2.75, 3.05) is 7.11 Å². The van der Waals surface area contributed by atoms with E-state index in [1.807, 2.05) is 29.9 Å². The summed E-state index contributed by atoms with van der Waals surface area (Å²) < 4.78 is 7.84. The number of aryl methyl sites for hydroxylation is 1. The Kier molecular flexibility index (Phi) is 2.45. The zero-order chi connectivity index (χ0) is 7.56. The molecule has 0 unspecified atom stereocenters. The van der Waals surface area contributed by atoms with E-state index in [4.69, 9.17) is 4.74 Å². The molecule has 0 aliphatic carbocycles. The minimum atomic E-state index is 0.826. The molecule has 0 radical (unpaired) electrons. The zero-order valence-corrected chi connectivity index (χ0v) is 7.27. The van der Waals surface area contributed by atoms with E-state index in [1.165, 1.54) is 0 Å². The fourth-order valence-electron chi connectivity index (χ4n) is 0.778. The van der Waals surface area contributed by atoms with E-state index in [0.717, 1.165) is 10.3 Å². The van der Waals surface area contributed by atoms with Crippen molar-refractivity contribution in [1.29, 1.82) is 0 Å². The molecule has 1 rings (SSSR count). The Bertz CT molecular complexity index is 242. The van der Waals surface area contributed by atoms with Gasteiger partial charge < -0.3 is 0 Å². The molecule has 0 atom stereocenters. The number of methoxy groups -OCH3 is 1. The van der Waals surface area contributed by atoms with E-state index in [-0.39, 0.29) is 0 Å². The van der Waals surface area contributed by atoms with E-state index >= 15 is 0 Å². The van der Waals surface area contributed by atoms with Gasteiger partial charge in [0.25, 0.3) is 0 Å². The molecule has 54 valence electrons. The van der Waals surface area contributed by atoms with Crippen LogP contribution in [0.15, 0.2) is 18.3 Å². The van der Waals surface area contributed by atoms with Crippen LogP contribution in [0.2, 0.25) is 0 Å². The SMILES string of the molecule is CO[C](=[Cr])c1cccn1C. The fourth-order valence-corrected chi connectivity index (χ4v) is 1.11. The van der Waals surface area contributed by atoms with Gasteiger partial charge in [0.2, 0.25) is 0 Å². The second-order valence-electron chi connectivity index (χ2n) is 2.00. The molecule has 0 fully saturated rings. The van der Waals surface area contributed by atoms with Crippen LogP contribution in [-0.2, 0) is 27.6 Å². The Balaban J connectivity index is 2.93. The molecule has 0 bridgehead atoms. The molecule has 1 aromatic heterocycles. The first-order valence-corrected chi connectivity index (χ1v) is 3.59. The molecule has 0 N–H and O–H groups in total. The van der Waals surface area contributed by atoms with E-state index in [9.17, 15) is 0 Å². The molecular formula is C7H9CrNO. The fraction of sp³-hybridized carbons (Fsp3) is 0.286. The third-order valence-corrected chi connectivity index (χ3v) is 1.93. The van der Waals surface area contributed by atoms with Crippen molar-refractivity contribution in [2.24, 2.45) is 7.05 Å². The third kappa shape index (κ3) is 1.38. The Morgan fingerprint density at radius 2 is 2.40 bits per heavy atom. The van der Waals surface area contributed by atoms with Crippen molar-refractivity contribution < 1.29 is 20.6 Å². The number of hydrogen-bond acceptors (Lipinski definition) is 1. The molecule has 1 aromatic rings. The molecule has 0 amide bonds. The molecular weight excluding hydrogens is 166 g/mol. The molecule has 0 aliphatic rings. The Labute approximate surface area is 68.4 Å². The number of ether oxygens (including phenoxy) is 1. The first-order chi connectivity index (χ1) is 4.75. The van der Waals surface area contributed by atoms with Gasteiger partial charge in [-0.2, -0.15) is 0 Å². The van der Waals surface area contributed by atoms with Crippen molar-refractivity contribution >= 4 is 4.57 Å². The van der Waals surface area contributed by atoms with Gasteiger partial charge in [-0.05, 0) is 0 Å². The third-order valence-electron chi connectivity index (χ3n) is 1.34. The van der Waals surface area contributed by atoms with Crippen LogP contribution in [0.4, 0.5) is 0 Å². The topological polar surface area (TPSA) is 14.2 Å². The van der Waals surface area contributed by atoms with Gasteiger partial charge >= 0.3 is 67.9 Å². The number of hydrogen-bond donors (Lipinski definition) is 0. The van der Waals surface area contributed by atoms with Crippen molar-refractivity contribution in [3.05, 3.63) is 24.0 Å². The predicted octanol–water partition coefficient (Wildman–Crippen LogP) is 0.696. The van der Waals surface area contributed by atoms with E-state index in [2.05, 4.69) is 15.9 Å². The van der Waals surface area contributed by atoms with Crippen LogP contribution in [0.25, 0.3) is 0 Å². The second kappa shape index (κ2) is 3.16. The summed E-state index contributed by atoms with van der Waals surface area (Å²) in [6.07, 6.45) is 1.98. The van der Waals surface area contributed by atoms with Crippen molar-refractivity contribution in [2.45, 2.75) is 0 Å². The summed E-state index contributed by atoms with van der Waals surface area (Å²) in [6, 6.07) is 3.97. The summed E-state index contributed by atoms with van der Waals surface area (Å²) in [4.78, 5) is 0. The summed E-state index contributed by atoms with van der Waals surface area (Å²) >= 11 is 2.84. The first kappa shape index (κ1) is 7.75. The number of nitrogens with zero attached hydrogens (tertiary/aromatic N) is 1. The summed E-state index contributed by atoms with van der Waals surface area (Å²) in [7, 11) is 3.63. The van der Waals surface area contributed by atoms with Gasteiger partial charge in [0.1, 0.15) is 0 Å². The Morgan fingerprint density at radius 3 is 2.80 bits per heavy atom. The van der Waals surface area contributed by atoms with Gasteiger partial charge in [0.15, 0.2) is 0 Å². The van der Waals surface area contributed by atoms with Crippen molar-refractivity contribution in [3.63, 3.8) is 0 Å². The molecule has 0 spiro atoms. The molecule has 0 aromatic carbocycles. The normalized spacial score (nSPS) is 9.80. The molecule has 0 aliphatic heterocycles. The Hall–Kier alpha value is -0.358. The standard InChI is InChI=1S/C7H9NO.Cr/c1-8-5-3-4-7(8)6-9-2;/h3-5H,1-2H3;. The van der Waals surface area contributed by atoms with Crippen molar-refractivity contribution in [1.82, 2.24) is 4.57 Å². The van der Waals surface area contributed by atoms with Crippen LogP contribution in [0.3, 0.4) is 0 Å².